The van der Waals surface area contributed by atoms with Gasteiger partial charge in [-0.05, 0) is 44.0 Å². The van der Waals surface area contributed by atoms with Gasteiger partial charge < -0.3 is 0 Å². The van der Waals surface area contributed by atoms with Crippen LogP contribution in [-0.2, 0) is 24.3 Å². The van der Waals surface area contributed by atoms with Gasteiger partial charge in [0.15, 0.2) is 0 Å². The van der Waals surface area contributed by atoms with Gasteiger partial charge in [0.25, 0.3) is 10.1 Å². The summed E-state index contributed by atoms with van der Waals surface area (Å²) in [4.78, 5) is 4.29. The van der Waals surface area contributed by atoms with Crippen molar-refractivity contribution in [2.45, 2.75) is 35.7 Å². The highest BCUT2D eigenvalue weighted by Gasteiger charge is 2.34. The fourth-order valence-electron chi connectivity index (χ4n) is 3.60. The van der Waals surface area contributed by atoms with E-state index in [0.29, 0.717) is 24.8 Å². The molecule has 1 fully saturated rings. The summed E-state index contributed by atoms with van der Waals surface area (Å²) in [7, 11) is -7.79. The van der Waals surface area contributed by atoms with Gasteiger partial charge in [0.1, 0.15) is 0 Å². The second kappa shape index (κ2) is 8.07. The van der Waals surface area contributed by atoms with Crippen LogP contribution < -0.4 is 0 Å². The molecule has 0 radical (unpaired) electrons. The molecule has 9 heteroatoms. The van der Waals surface area contributed by atoms with Crippen LogP contribution in [0.2, 0.25) is 0 Å². The number of hydrogen-bond donors (Lipinski definition) is 0. The summed E-state index contributed by atoms with van der Waals surface area (Å²) in [5, 5.41) is 1.31. The number of aromatic nitrogens is 1. The van der Waals surface area contributed by atoms with E-state index in [9.17, 15) is 16.8 Å². The van der Waals surface area contributed by atoms with Crippen LogP contribution >= 0.6 is 0 Å². The van der Waals surface area contributed by atoms with E-state index in [1.54, 1.807) is 48.8 Å². The van der Waals surface area contributed by atoms with Gasteiger partial charge in [-0.25, -0.2) is 8.42 Å². The van der Waals surface area contributed by atoms with Crippen molar-refractivity contribution in [1.82, 2.24) is 9.29 Å². The molecule has 1 aromatic heterocycles. The lowest BCUT2D eigenvalue weighted by Gasteiger charge is -2.31. The summed E-state index contributed by atoms with van der Waals surface area (Å²) in [6.45, 7) is 2.16. The Morgan fingerprint density at radius 1 is 1.03 bits per heavy atom. The molecular weight excluding hydrogens is 424 g/mol. The van der Waals surface area contributed by atoms with Crippen LogP contribution in [0.25, 0.3) is 10.8 Å². The maximum atomic E-state index is 13.3. The summed E-state index contributed by atoms with van der Waals surface area (Å²) in [6, 6.07) is 13.1. The van der Waals surface area contributed by atoms with Crippen molar-refractivity contribution in [3.8, 4) is 0 Å². The largest absolute Gasteiger partial charge is 0.297 e. The molecule has 0 aliphatic carbocycles. The van der Waals surface area contributed by atoms with E-state index in [1.807, 2.05) is 6.92 Å². The Morgan fingerprint density at radius 2 is 1.80 bits per heavy atom. The van der Waals surface area contributed by atoms with Crippen LogP contribution in [0.15, 0.2) is 70.7 Å². The van der Waals surface area contributed by atoms with E-state index in [1.165, 1.54) is 16.4 Å². The predicted octanol–water partition coefficient (Wildman–Crippen LogP) is 3.10. The first-order valence-electron chi connectivity index (χ1n) is 9.60. The number of aryl methyl sites for hydroxylation is 1. The Kier molecular flexibility index (Phi) is 5.63. The fraction of sp³-hybridized carbons (Fsp3) is 0.286. The van der Waals surface area contributed by atoms with E-state index in [0.717, 1.165) is 10.9 Å². The zero-order valence-electron chi connectivity index (χ0n) is 16.4. The average molecular weight is 447 g/mol. The zero-order valence-corrected chi connectivity index (χ0v) is 18.1. The van der Waals surface area contributed by atoms with E-state index in [-0.39, 0.29) is 16.3 Å². The Labute approximate surface area is 176 Å². The van der Waals surface area contributed by atoms with Crippen molar-refractivity contribution >= 4 is 30.9 Å². The molecule has 7 nitrogen and oxygen atoms in total. The topological polar surface area (TPSA) is 93.6 Å². The molecule has 1 aliphatic heterocycles. The van der Waals surface area contributed by atoms with Gasteiger partial charge in [-0.1, -0.05) is 29.8 Å². The molecular formula is C21H22N2O5S2. The maximum Gasteiger partial charge on any atom is 0.297 e. The molecule has 1 aliphatic rings. The molecule has 3 aromatic rings. The Bertz CT molecular complexity index is 1270. The lowest BCUT2D eigenvalue weighted by molar-refractivity contribution is 0.136. The van der Waals surface area contributed by atoms with Crippen molar-refractivity contribution in [3.63, 3.8) is 0 Å². The Hall–Kier alpha value is -2.33. The normalized spacial score (nSPS) is 18.5. The molecule has 0 saturated carbocycles. The summed E-state index contributed by atoms with van der Waals surface area (Å²) in [5.74, 6) is 0. The number of fused-ring (bicyclic) bond motifs is 1. The van der Waals surface area contributed by atoms with E-state index < -0.39 is 26.2 Å². The van der Waals surface area contributed by atoms with Crippen LogP contribution in [0, 0.1) is 6.92 Å². The van der Waals surface area contributed by atoms with Crippen LogP contribution in [-0.4, -0.2) is 45.3 Å². The highest BCUT2D eigenvalue weighted by molar-refractivity contribution is 7.89. The third kappa shape index (κ3) is 4.11. The minimum atomic E-state index is -3.97. The smallest absolute Gasteiger partial charge is 0.264 e. The van der Waals surface area contributed by atoms with Crippen molar-refractivity contribution < 1.29 is 21.0 Å². The quantitative estimate of drug-likeness (QED) is 0.559. The van der Waals surface area contributed by atoms with Crippen molar-refractivity contribution in [3.05, 3.63) is 66.5 Å². The first kappa shape index (κ1) is 20.9. The van der Waals surface area contributed by atoms with Gasteiger partial charge in [-0.15, -0.1) is 0 Å². The van der Waals surface area contributed by atoms with E-state index in [2.05, 4.69) is 4.98 Å². The molecule has 158 valence electrons. The highest BCUT2D eigenvalue weighted by Crippen LogP contribution is 2.28. The number of sulfonamides is 1. The van der Waals surface area contributed by atoms with Gasteiger partial charge >= 0.3 is 0 Å². The standard InChI is InChI=1S/C21H22N2O5S2/c1-16-7-9-19(10-8-16)30(26,27)28-18-5-3-13-23(15-18)29(24,25)21-6-2-4-17-14-22-12-11-20(17)21/h2,4,6-12,14,18H,3,5,13,15H2,1H3. The lowest BCUT2D eigenvalue weighted by Crippen LogP contribution is -2.43. The molecule has 1 unspecified atom stereocenters. The molecule has 30 heavy (non-hydrogen) atoms. The minimum absolute atomic E-state index is 0.0190. The molecule has 0 spiro atoms. The molecule has 2 heterocycles. The SMILES string of the molecule is Cc1ccc(S(=O)(=O)OC2CCCN(S(=O)(=O)c3cccc4cnccc34)C2)cc1. The average Bonchev–Trinajstić information content (AvgIpc) is 2.73. The van der Waals surface area contributed by atoms with Crippen molar-refractivity contribution in [2.75, 3.05) is 13.1 Å². The van der Waals surface area contributed by atoms with Gasteiger partial charge in [0.05, 0.1) is 15.9 Å². The van der Waals surface area contributed by atoms with Crippen LogP contribution in [0.4, 0.5) is 0 Å². The number of pyridine rings is 1. The van der Waals surface area contributed by atoms with Gasteiger partial charge in [-0.2, -0.15) is 12.7 Å². The molecule has 0 bridgehead atoms. The molecule has 0 N–H and O–H groups in total. The predicted molar refractivity (Wildman–Crippen MR) is 113 cm³/mol. The molecule has 2 aromatic carbocycles. The minimum Gasteiger partial charge on any atom is -0.264 e. The van der Waals surface area contributed by atoms with E-state index in [4.69, 9.17) is 4.18 Å². The molecule has 0 amide bonds. The van der Waals surface area contributed by atoms with Crippen LogP contribution in [0.5, 0.6) is 0 Å². The van der Waals surface area contributed by atoms with Crippen LogP contribution in [0.3, 0.4) is 0 Å². The number of piperidine rings is 1. The Morgan fingerprint density at radius 3 is 2.57 bits per heavy atom. The lowest BCUT2D eigenvalue weighted by atomic mass is 10.1. The van der Waals surface area contributed by atoms with Gasteiger partial charge in [0.2, 0.25) is 10.0 Å². The molecule has 1 atom stereocenters. The molecule has 1 saturated heterocycles. The first-order chi connectivity index (χ1) is 14.3. The third-order valence-electron chi connectivity index (χ3n) is 5.17. The van der Waals surface area contributed by atoms with Crippen molar-refractivity contribution in [1.29, 1.82) is 0 Å². The first-order valence-corrected chi connectivity index (χ1v) is 12.4. The fourth-order valence-corrected chi connectivity index (χ4v) is 6.42. The summed E-state index contributed by atoms with van der Waals surface area (Å²) in [6.07, 6.45) is 3.41. The third-order valence-corrected chi connectivity index (χ3v) is 8.47. The van der Waals surface area contributed by atoms with Gasteiger partial charge in [-0.3, -0.25) is 9.17 Å². The maximum absolute atomic E-state index is 13.3. The van der Waals surface area contributed by atoms with Crippen molar-refractivity contribution in [2.24, 2.45) is 0 Å². The zero-order chi connectivity index (χ0) is 21.4. The Balaban J connectivity index is 1.58. The molecule has 4 rings (SSSR count). The van der Waals surface area contributed by atoms with E-state index >= 15 is 0 Å². The monoisotopic (exact) mass is 446 g/mol. The second-order valence-electron chi connectivity index (χ2n) is 7.34. The number of rotatable bonds is 5. The summed E-state index contributed by atoms with van der Waals surface area (Å²) in [5.41, 5.74) is 0.939. The number of hydrogen-bond acceptors (Lipinski definition) is 6. The summed E-state index contributed by atoms with van der Waals surface area (Å²) < 4.78 is 58.6. The van der Waals surface area contributed by atoms with Crippen LogP contribution in [0.1, 0.15) is 18.4 Å². The number of benzene rings is 2. The number of nitrogens with zero attached hydrogens (tertiary/aromatic N) is 2. The summed E-state index contributed by atoms with van der Waals surface area (Å²) >= 11 is 0. The van der Waals surface area contributed by atoms with Gasteiger partial charge in [0, 0.05) is 36.3 Å². The second-order valence-corrected chi connectivity index (χ2v) is 10.8. The highest BCUT2D eigenvalue weighted by atomic mass is 32.2.